The zero-order valence-electron chi connectivity index (χ0n) is 8.84. The number of nitrogens with zero attached hydrogens (tertiary/aromatic N) is 1. The highest BCUT2D eigenvalue weighted by Crippen LogP contribution is 2.07. The predicted octanol–water partition coefficient (Wildman–Crippen LogP) is -0.987. The quantitative estimate of drug-likeness (QED) is 0.364. The Kier molecular flexibility index (Phi) is 4.65. The normalized spacial score (nSPS) is 14.9. The van der Waals surface area contributed by atoms with Crippen LogP contribution < -0.4 is 0 Å². The molecule has 0 bridgehead atoms. The maximum absolute atomic E-state index is 10.4. The van der Waals surface area contributed by atoms with Crippen LogP contribution in [0.5, 0.6) is 0 Å². The molecule has 0 saturated heterocycles. The summed E-state index contributed by atoms with van der Waals surface area (Å²) < 4.78 is 35.4. The van der Waals surface area contributed by atoms with Gasteiger partial charge >= 0.3 is 5.97 Å². The van der Waals surface area contributed by atoms with Gasteiger partial charge in [0.05, 0.1) is 27.6 Å². The highest BCUT2D eigenvalue weighted by Gasteiger charge is 2.23. The summed E-state index contributed by atoms with van der Waals surface area (Å²) in [6.07, 6.45) is -1.65. The fourth-order valence-electron chi connectivity index (χ4n) is 1.10. The van der Waals surface area contributed by atoms with E-state index in [1.807, 2.05) is 0 Å². The molecule has 1 atom stereocenters. The van der Waals surface area contributed by atoms with Crippen molar-refractivity contribution >= 4 is 16.4 Å². The lowest BCUT2D eigenvalue weighted by Crippen LogP contribution is -2.43. The summed E-state index contributed by atoms with van der Waals surface area (Å²) >= 11 is 0. The third-order valence-corrected chi connectivity index (χ3v) is 1.92. The zero-order chi connectivity index (χ0) is 12.3. The molecular formula is C7H15NO6S. The van der Waals surface area contributed by atoms with E-state index >= 15 is 0 Å². The summed E-state index contributed by atoms with van der Waals surface area (Å²) in [5.74, 6) is -1.21. The van der Waals surface area contributed by atoms with Crippen LogP contribution in [-0.2, 0) is 19.4 Å². The van der Waals surface area contributed by atoms with Crippen LogP contribution in [0.2, 0.25) is 0 Å². The van der Waals surface area contributed by atoms with Crippen LogP contribution in [0.4, 0.5) is 0 Å². The number of rotatable bonds is 6. The fourth-order valence-corrected chi connectivity index (χ4v) is 1.56. The Morgan fingerprint density at radius 3 is 2.20 bits per heavy atom. The summed E-state index contributed by atoms with van der Waals surface area (Å²) in [5.41, 5.74) is 0. The molecule has 0 rings (SSSR count). The van der Waals surface area contributed by atoms with E-state index in [-0.39, 0.29) is 6.54 Å². The third kappa shape index (κ3) is 9.60. The van der Waals surface area contributed by atoms with Crippen molar-refractivity contribution < 1.29 is 31.5 Å². The Morgan fingerprint density at radius 1 is 1.47 bits per heavy atom. The van der Waals surface area contributed by atoms with E-state index in [0.29, 0.717) is 4.48 Å². The van der Waals surface area contributed by atoms with E-state index in [1.165, 1.54) is 0 Å². The lowest BCUT2D eigenvalue weighted by molar-refractivity contribution is -0.873. The smallest absolute Gasteiger partial charge is 0.306 e. The lowest BCUT2D eigenvalue weighted by atomic mass is 10.2. The van der Waals surface area contributed by atoms with Gasteiger partial charge < -0.3 is 14.1 Å². The molecular weight excluding hydrogens is 226 g/mol. The maximum Gasteiger partial charge on any atom is 0.306 e. The second-order valence-corrected chi connectivity index (χ2v) is 5.21. The van der Waals surface area contributed by atoms with Gasteiger partial charge in [0.15, 0.2) is 0 Å². The molecule has 0 spiro atoms. The van der Waals surface area contributed by atoms with Crippen molar-refractivity contribution in [1.29, 1.82) is 0 Å². The monoisotopic (exact) mass is 241 g/mol. The van der Waals surface area contributed by atoms with Gasteiger partial charge in [-0.2, -0.15) is 0 Å². The summed E-state index contributed by atoms with van der Waals surface area (Å²) in [5, 5.41) is 8.49. The molecule has 0 aromatic rings. The van der Waals surface area contributed by atoms with Crippen molar-refractivity contribution in [3.8, 4) is 0 Å². The first kappa shape index (κ1) is 14.3. The average Bonchev–Trinajstić information content (AvgIpc) is 1.73. The molecule has 0 aromatic carbocycles. The van der Waals surface area contributed by atoms with Gasteiger partial charge in [0.2, 0.25) is 10.4 Å². The first-order chi connectivity index (χ1) is 6.49. The highest BCUT2D eigenvalue weighted by atomic mass is 32.3. The van der Waals surface area contributed by atoms with Gasteiger partial charge in [-0.25, -0.2) is 8.42 Å². The van der Waals surface area contributed by atoms with Crippen LogP contribution in [0.1, 0.15) is 6.42 Å². The van der Waals surface area contributed by atoms with Crippen LogP contribution in [0.15, 0.2) is 0 Å². The van der Waals surface area contributed by atoms with Gasteiger partial charge in [-0.05, 0) is 0 Å². The Morgan fingerprint density at radius 2 is 1.93 bits per heavy atom. The van der Waals surface area contributed by atoms with Crippen molar-refractivity contribution in [2.75, 3.05) is 27.7 Å². The fraction of sp³-hybridized carbons (Fsp3) is 0.857. The zero-order valence-corrected chi connectivity index (χ0v) is 9.65. The standard InChI is InChI=1S/C7H15NO6S/c1-8(2,3)5-6(4-7(9)10)14-15(11,12)13/h6H,4-5H2,1-3H3,(H-,9,10,11,12,13). The molecule has 1 unspecified atom stereocenters. The van der Waals surface area contributed by atoms with E-state index in [9.17, 15) is 17.8 Å². The van der Waals surface area contributed by atoms with E-state index in [1.54, 1.807) is 21.1 Å². The molecule has 90 valence electrons. The van der Waals surface area contributed by atoms with Gasteiger partial charge in [-0.3, -0.25) is 8.98 Å². The minimum atomic E-state index is -4.86. The summed E-state index contributed by atoms with van der Waals surface area (Å²) in [7, 11) is 0.331. The Labute approximate surface area is 88.8 Å². The topological polar surface area (TPSA) is 104 Å². The number of carboxylic acid groups (broad SMARTS) is 1. The molecule has 0 heterocycles. The third-order valence-electron chi connectivity index (χ3n) is 1.41. The van der Waals surface area contributed by atoms with E-state index in [2.05, 4.69) is 4.18 Å². The number of carbonyl (C=O) groups is 1. The molecule has 0 fully saturated rings. The molecule has 1 N–H and O–H groups in total. The molecule has 15 heavy (non-hydrogen) atoms. The van der Waals surface area contributed by atoms with E-state index in [4.69, 9.17) is 5.11 Å². The van der Waals surface area contributed by atoms with Crippen LogP contribution in [0.3, 0.4) is 0 Å². The molecule has 0 aliphatic heterocycles. The van der Waals surface area contributed by atoms with Gasteiger partial charge in [0.1, 0.15) is 12.6 Å². The molecule has 0 aromatic heterocycles. The van der Waals surface area contributed by atoms with E-state index in [0.717, 1.165) is 0 Å². The Bertz CT molecular complexity index is 317. The number of aliphatic carboxylic acids is 1. The van der Waals surface area contributed by atoms with Crippen LogP contribution in [-0.4, -0.2) is 62.3 Å². The van der Waals surface area contributed by atoms with Crippen LogP contribution in [0.25, 0.3) is 0 Å². The minimum Gasteiger partial charge on any atom is -0.726 e. The molecule has 0 radical (unpaired) electrons. The molecule has 8 heteroatoms. The summed E-state index contributed by atoms with van der Waals surface area (Å²) in [4.78, 5) is 10.4. The van der Waals surface area contributed by atoms with Crippen molar-refractivity contribution in [1.82, 2.24) is 0 Å². The summed E-state index contributed by atoms with van der Waals surface area (Å²) in [6, 6.07) is 0. The molecule has 0 aliphatic carbocycles. The lowest BCUT2D eigenvalue weighted by Gasteiger charge is -2.28. The van der Waals surface area contributed by atoms with Gasteiger partial charge in [-0.15, -0.1) is 0 Å². The van der Waals surface area contributed by atoms with Crippen LogP contribution >= 0.6 is 0 Å². The first-order valence-corrected chi connectivity index (χ1v) is 5.49. The van der Waals surface area contributed by atoms with E-state index < -0.39 is 28.9 Å². The number of hydrogen-bond acceptors (Lipinski definition) is 5. The number of hydrogen-bond donors (Lipinski definition) is 1. The van der Waals surface area contributed by atoms with Crippen molar-refractivity contribution in [2.24, 2.45) is 0 Å². The predicted molar refractivity (Wildman–Crippen MR) is 49.7 cm³/mol. The molecule has 0 saturated carbocycles. The molecule has 0 amide bonds. The van der Waals surface area contributed by atoms with Gasteiger partial charge in [-0.1, -0.05) is 0 Å². The van der Waals surface area contributed by atoms with Crippen molar-refractivity contribution in [3.63, 3.8) is 0 Å². The Balaban J connectivity index is 4.53. The van der Waals surface area contributed by atoms with Crippen LogP contribution in [0, 0.1) is 0 Å². The Hall–Kier alpha value is -0.700. The second kappa shape index (κ2) is 4.88. The maximum atomic E-state index is 10.4. The SMILES string of the molecule is C[N+](C)(C)CC(CC(=O)O)OS(=O)(=O)[O-]. The van der Waals surface area contributed by atoms with Crippen molar-refractivity contribution in [3.05, 3.63) is 0 Å². The number of quaternary nitrogens is 1. The average molecular weight is 241 g/mol. The van der Waals surface area contributed by atoms with Gasteiger partial charge in [0.25, 0.3) is 0 Å². The van der Waals surface area contributed by atoms with Crippen molar-refractivity contribution in [2.45, 2.75) is 12.5 Å². The largest absolute Gasteiger partial charge is 0.726 e. The second-order valence-electron chi connectivity index (χ2n) is 4.20. The van der Waals surface area contributed by atoms with Gasteiger partial charge in [0, 0.05) is 0 Å². The number of carboxylic acids is 1. The molecule has 7 nitrogen and oxygen atoms in total. The first-order valence-electron chi connectivity index (χ1n) is 4.16. The molecule has 0 aliphatic rings. The minimum absolute atomic E-state index is 0.119. The highest BCUT2D eigenvalue weighted by molar-refractivity contribution is 7.80. The number of likely N-dealkylation sites (N-methyl/N-ethyl adjacent to an activating group) is 1. The summed E-state index contributed by atoms with van der Waals surface area (Å²) in [6.45, 7) is 0.119.